The minimum absolute atomic E-state index is 0.316. The van der Waals surface area contributed by atoms with Crippen molar-refractivity contribution in [3.05, 3.63) is 53.3 Å². The van der Waals surface area contributed by atoms with Gasteiger partial charge in [-0.3, -0.25) is 0 Å². The van der Waals surface area contributed by atoms with E-state index in [4.69, 9.17) is 22.1 Å². The van der Waals surface area contributed by atoms with Crippen LogP contribution in [0.1, 0.15) is 5.69 Å². The van der Waals surface area contributed by atoms with E-state index in [9.17, 15) is 0 Å². The fraction of sp³-hybridized carbons (Fsp3) is 0.0667. The number of rotatable bonds is 2. The molecule has 0 atom stereocenters. The molecule has 2 heterocycles. The van der Waals surface area contributed by atoms with Crippen molar-refractivity contribution in [1.82, 2.24) is 9.97 Å². The number of ether oxygens (including phenoxy) is 1. The molecule has 1 aromatic carbocycles. The first-order chi connectivity index (χ1) is 9.63. The second-order valence-corrected chi connectivity index (χ2v) is 4.85. The van der Waals surface area contributed by atoms with E-state index in [1.54, 1.807) is 6.07 Å². The lowest BCUT2D eigenvalue weighted by Gasteiger charge is -2.09. The SMILES string of the molecule is Cc1ccc2cccc(Oc3ncc(N)cc3Cl)c2n1. The molecule has 20 heavy (non-hydrogen) atoms. The Kier molecular flexibility index (Phi) is 3.16. The molecule has 0 aliphatic carbocycles. The second-order valence-electron chi connectivity index (χ2n) is 4.44. The van der Waals surface area contributed by atoms with Gasteiger partial charge in [0, 0.05) is 11.1 Å². The number of aromatic nitrogens is 2. The summed E-state index contributed by atoms with van der Waals surface area (Å²) in [6.07, 6.45) is 1.50. The minimum atomic E-state index is 0.316. The number of nitrogens with zero attached hydrogens (tertiary/aromatic N) is 2. The van der Waals surface area contributed by atoms with Crippen LogP contribution < -0.4 is 10.5 Å². The number of pyridine rings is 2. The molecule has 0 saturated heterocycles. The topological polar surface area (TPSA) is 61.0 Å². The molecule has 0 unspecified atom stereocenters. The van der Waals surface area contributed by atoms with Crippen LogP contribution in [0.25, 0.3) is 10.9 Å². The summed E-state index contributed by atoms with van der Waals surface area (Å²) in [6, 6.07) is 11.3. The summed E-state index contributed by atoms with van der Waals surface area (Å²) in [5, 5.41) is 1.37. The smallest absolute Gasteiger partial charge is 0.238 e. The van der Waals surface area contributed by atoms with Gasteiger partial charge in [0.05, 0.1) is 11.9 Å². The number of fused-ring (bicyclic) bond motifs is 1. The van der Waals surface area contributed by atoms with Gasteiger partial charge < -0.3 is 10.5 Å². The summed E-state index contributed by atoms with van der Waals surface area (Å²) in [7, 11) is 0. The molecule has 3 aromatic rings. The van der Waals surface area contributed by atoms with E-state index in [0.29, 0.717) is 22.3 Å². The van der Waals surface area contributed by atoms with Gasteiger partial charge in [0.2, 0.25) is 5.88 Å². The third kappa shape index (κ3) is 2.38. The van der Waals surface area contributed by atoms with Crippen molar-refractivity contribution in [3.8, 4) is 11.6 Å². The van der Waals surface area contributed by atoms with E-state index >= 15 is 0 Å². The maximum atomic E-state index is 6.07. The highest BCUT2D eigenvalue weighted by Crippen LogP contribution is 2.32. The van der Waals surface area contributed by atoms with Gasteiger partial charge in [-0.1, -0.05) is 29.8 Å². The molecule has 2 N–H and O–H groups in total. The largest absolute Gasteiger partial charge is 0.435 e. The molecule has 0 saturated carbocycles. The second kappa shape index (κ2) is 4.98. The maximum absolute atomic E-state index is 6.07. The number of nitrogens with two attached hydrogens (primary N) is 1. The molecule has 0 fully saturated rings. The van der Waals surface area contributed by atoms with Crippen molar-refractivity contribution in [1.29, 1.82) is 0 Å². The van der Waals surface area contributed by atoms with Crippen molar-refractivity contribution in [2.24, 2.45) is 0 Å². The van der Waals surface area contributed by atoms with Crippen LogP contribution in [0.4, 0.5) is 5.69 Å². The number of hydrogen-bond donors (Lipinski definition) is 1. The van der Waals surface area contributed by atoms with Gasteiger partial charge in [0.25, 0.3) is 0 Å². The zero-order valence-corrected chi connectivity index (χ0v) is 11.6. The molecule has 0 spiro atoms. The van der Waals surface area contributed by atoms with Crippen LogP contribution in [0.3, 0.4) is 0 Å². The summed E-state index contributed by atoms with van der Waals surface area (Å²) >= 11 is 6.07. The predicted molar refractivity (Wildman–Crippen MR) is 80.2 cm³/mol. The van der Waals surface area contributed by atoms with Gasteiger partial charge in [-0.15, -0.1) is 0 Å². The first kappa shape index (κ1) is 12.7. The quantitative estimate of drug-likeness (QED) is 0.774. The zero-order valence-electron chi connectivity index (χ0n) is 10.8. The molecule has 2 aromatic heterocycles. The first-order valence-electron chi connectivity index (χ1n) is 6.09. The molecule has 0 aliphatic heterocycles. The summed E-state index contributed by atoms with van der Waals surface area (Å²) < 4.78 is 5.77. The fourth-order valence-corrected chi connectivity index (χ4v) is 2.13. The Labute approximate surface area is 121 Å². The third-order valence-electron chi connectivity index (χ3n) is 2.86. The summed E-state index contributed by atoms with van der Waals surface area (Å²) in [6.45, 7) is 1.94. The number of halogens is 1. The van der Waals surface area contributed by atoms with Crippen molar-refractivity contribution in [2.45, 2.75) is 6.92 Å². The zero-order chi connectivity index (χ0) is 14.1. The lowest BCUT2D eigenvalue weighted by Crippen LogP contribution is -1.94. The lowest BCUT2D eigenvalue weighted by molar-refractivity contribution is 0.467. The average molecular weight is 286 g/mol. The summed E-state index contributed by atoms with van der Waals surface area (Å²) in [5.41, 5.74) is 7.81. The molecule has 3 rings (SSSR count). The molecule has 0 amide bonds. The molecule has 0 radical (unpaired) electrons. The van der Waals surface area contributed by atoms with E-state index in [2.05, 4.69) is 9.97 Å². The number of hydrogen-bond acceptors (Lipinski definition) is 4. The Morgan fingerprint density at radius 2 is 2.05 bits per heavy atom. The van der Waals surface area contributed by atoms with Crippen LogP contribution in [0.2, 0.25) is 5.02 Å². The van der Waals surface area contributed by atoms with E-state index in [-0.39, 0.29) is 0 Å². The molecular weight excluding hydrogens is 274 g/mol. The predicted octanol–water partition coefficient (Wildman–Crippen LogP) is 3.97. The van der Waals surface area contributed by atoms with Crippen LogP contribution in [-0.2, 0) is 0 Å². The van der Waals surface area contributed by atoms with Gasteiger partial charge in [-0.2, -0.15) is 0 Å². The van der Waals surface area contributed by atoms with Gasteiger partial charge in [-0.25, -0.2) is 9.97 Å². The van der Waals surface area contributed by atoms with Crippen molar-refractivity contribution in [2.75, 3.05) is 5.73 Å². The molecule has 4 nitrogen and oxygen atoms in total. The van der Waals surface area contributed by atoms with E-state index in [1.165, 1.54) is 6.20 Å². The van der Waals surface area contributed by atoms with Crippen molar-refractivity contribution < 1.29 is 4.74 Å². The van der Waals surface area contributed by atoms with Gasteiger partial charge in [-0.05, 0) is 25.1 Å². The Morgan fingerprint density at radius 1 is 1.20 bits per heavy atom. The van der Waals surface area contributed by atoms with Gasteiger partial charge in [0.15, 0.2) is 5.75 Å². The van der Waals surface area contributed by atoms with Crippen LogP contribution in [0.15, 0.2) is 42.6 Å². The Bertz CT molecular complexity index is 789. The van der Waals surface area contributed by atoms with E-state index in [0.717, 1.165) is 16.6 Å². The van der Waals surface area contributed by atoms with Crippen LogP contribution >= 0.6 is 11.6 Å². The summed E-state index contributed by atoms with van der Waals surface area (Å²) in [5.74, 6) is 0.932. The molecule has 0 bridgehead atoms. The average Bonchev–Trinajstić information content (AvgIpc) is 2.42. The van der Waals surface area contributed by atoms with E-state index in [1.807, 2.05) is 37.3 Å². The monoisotopic (exact) mass is 285 g/mol. The minimum Gasteiger partial charge on any atom is -0.435 e. The molecular formula is C15H12ClN3O. The Balaban J connectivity index is 2.08. The normalized spacial score (nSPS) is 10.7. The fourth-order valence-electron chi connectivity index (χ4n) is 1.92. The van der Waals surface area contributed by atoms with Gasteiger partial charge >= 0.3 is 0 Å². The van der Waals surface area contributed by atoms with Crippen LogP contribution in [0, 0.1) is 6.92 Å². The van der Waals surface area contributed by atoms with Gasteiger partial charge in [0.1, 0.15) is 10.5 Å². The first-order valence-corrected chi connectivity index (χ1v) is 6.46. The number of benzene rings is 1. The van der Waals surface area contributed by atoms with E-state index < -0.39 is 0 Å². The third-order valence-corrected chi connectivity index (χ3v) is 3.13. The summed E-state index contributed by atoms with van der Waals surface area (Å²) in [4.78, 5) is 8.59. The molecule has 0 aliphatic rings. The highest BCUT2D eigenvalue weighted by Gasteiger charge is 2.09. The number of nitrogen functional groups attached to an aromatic ring is 1. The maximum Gasteiger partial charge on any atom is 0.238 e. The standard InChI is InChI=1S/C15H12ClN3O/c1-9-5-6-10-3-2-4-13(14(10)19-9)20-15-12(16)7-11(17)8-18-15/h2-8H,17H2,1H3. The Hall–Kier alpha value is -2.33. The molecule has 5 heteroatoms. The molecule has 100 valence electrons. The number of anilines is 1. The highest BCUT2D eigenvalue weighted by atomic mass is 35.5. The lowest BCUT2D eigenvalue weighted by atomic mass is 10.2. The highest BCUT2D eigenvalue weighted by molar-refractivity contribution is 6.32. The van der Waals surface area contributed by atoms with Crippen molar-refractivity contribution >= 4 is 28.2 Å². The van der Waals surface area contributed by atoms with Crippen LogP contribution in [0.5, 0.6) is 11.6 Å². The van der Waals surface area contributed by atoms with Crippen molar-refractivity contribution in [3.63, 3.8) is 0 Å². The number of aryl methyl sites for hydroxylation is 1. The number of para-hydroxylation sites is 1. The Morgan fingerprint density at radius 3 is 2.85 bits per heavy atom. The van der Waals surface area contributed by atoms with Crippen LogP contribution in [-0.4, -0.2) is 9.97 Å².